The van der Waals surface area contributed by atoms with Gasteiger partial charge in [0.25, 0.3) is 10.0 Å². The van der Waals surface area contributed by atoms with E-state index in [0.29, 0.717) is 48.5 Å². The second-order valence-corrected chi connectivity index (χ2v) is 11.6. The van der Waals surface area contributed by atoms with Crippen LogP contribution in [-0.4, -0.2) is 86.6 Å². The summed E-state index contributed by atoms with van der Waals surface area (Å²) in [6.45, 7) is 5.93. The Morgan fingerprint density at radius 1 is 1.07 bits per heavy atom. The summed E-state index contributed by atoms with van der Waals surface area (Å²) in [5.41, 5.74) is 2.58. The number of benzene rings is 2. The Hall–Kier alpha value is -4.04. The van der Waals surface area contributed by atoms with Crippen LogP contribution in [0.5, 0.6) is 11.5 Å². The monoisotopic (exact) mass is 585 g/mol. The van der Waals surface area contributed by atoms with Crippen LogP contribution in [0.15, 0.2) is 46.3 Å². The fourth-order valence-corrected chi connectivity index (χ4v) is 6.17. The summed E-state index contributed by atoms with van der Waals surface area (Å²) in [6, 6.07) is 9.98. The molecule has 1 amide bonds. The zero-order valence-electron chi connectivity index (χ0n) is 22.6. The molecule has 1 saturated heterocycles. The highest BCUT2D eigenvalue weighted by Gasteiger charge is 2.30. The molecule has 2 aromatic carbocycles. The van der Waals surface area contributed by atoms with Crippen molar-refractivity contribution in [3.05, 3.63) is 42.0 Å². The highest BCUT2D eigenvalue weighted by atomic mass is 32.2. The van der Waals surface area contributed by atoms with Crippen molar-refractivity contribution in [2.24, 2.45) is 4.99 Å². The Labute approximate surface area is 237 Å². The first-order chi connectivity index (χ1) is 19.1. The maximum absolute atomic E-state index is 12.2. The molecular weight excluding hydrogens is 554 g/mol. The number of thiocarbonyl (C=S) groups is 1. The van der Waals surface area contributed by atoms with Gasteiger partial charge in [-0.2, -0.15) is 0 Å². The number of aliphatic imine (C=N–C) groups is 1. The summed E-state index contributed by atoms with van der Waals surface area (Å²) in [7, 11) is -0.653. The van der Waals surface area contributed by atoms with Gasteiger partial charge < -0.3 is 34.9 Å². The number of carbonyl (C=O) groups excluding carboxylic acids is 1. The van der Waals surface area contributed by atoms with Gasteiger partial charge >= 0.3 is 0 Å². The summed E-state index contributed by atoms with van der Waals surface area (Å²) in [6.07, 6.45) is -0.0995. The number of aromatic amines is 1. The molecule has 40 heavy (non-hydrogen) atoms. The maximum atomic E-state index is 12.2. The number of fused-ring (bicyclic) bond motifs is 3. The number of aromatic nitrogens is 1. The van der Waals surface area contributed by atoms with Crippen molar-refractivity contribution < 1.29 is 22.7 Å². The lowest BCUT2D eigenvalue weighted by Gasteiger charge is -2.39. The number of amidine groups is 1. The van der Waals surface area contributed by atoms with Crippen molar-refractivity contribution in [2.45, 2.75) is 24.9 Å². The number of ether oxygens (including phenoxy) is 2. The lowest BCUT2D eigenvalue weighted by molar-refractivity contribution is -0.117. The fraction of sp³-hybridized carbons (Fsp3) is 0.346. The van der Waals surface area contributed by atoms with E-state index in [9.17, 15) is 13.2 Å². The molecule has 0 bridgehead atoms. The minimum Gasteiger partial charge on any atom is -0.493 e. The van der Waals surface area contributed by atoms with E-state index in [4.69, 9.17) is 26.7 Å². The fourth-order valence-electron chi connectivity index (χ4n) is 4.88. The van der Waals surface area contributed by atoms with Crippen molar-refractivity contribution in [2.75, 3.05) is 51.0 Å². The van der Waals surface area contributed by atoms with Crippen LogP contribution in [0.25, 0.3) is 10.9 Å². The number of hydrogen-bond acceptors (Lipinski definition) is 9. The van der Waals surface area contributed by atoms with E-state index < -0.39 is 15.9 Å². The topological polar surface area (TPSA) is 140 Å². The molecular formula is C26H31N7O5S2. The van der Waals surface area contributed by atoms with Crippen LogP contribution in [0.1, 0.15) is 19.4 Å². The average Bonchev–Trinajstić information content (AvgIpc) is 3.28. The SMILES string of the molecule is COc1cc2[nH]c3c(c2cc1OC)C(N1CCN(C(=S)Nc2ccc(S(=O)(=O)NC(C)=O)cc2)CC1)=NC(C)N3. The first-order valence-corrected chi connectivity index (χ1v) is 14.6. The number of piperazine rings is 1. The lowest BCUT2D eigenvalue weighted by atomic mass is 10.1. The number of nitrogens with zero attached hydrogens (tertiary/aromatic N) is 3. The first-order valence-electron chi connectivity index (χ1n) is 12.7. The van der Waals surface area contributed by atoms with Gasteiger partial charge in [0.2, 0.25) is 5.91 Å². The van der Waals surface area contributed by atoms with E-state index in [2.05, 4.69) is 25.4 Å². The number of amides is 1. The highest BCUT2D eigenvalue weighted by molar-refractivity contribution is 7.90. The second-order valence-electron chi connectivity index (χ2n) is 9.49. The molecule has 0 aliphatic carbocycles. The molecule has 1 aromatic heterocycles. The third kappa shape index (κ3) is 5.36. The lowest BCUT2D eigenvalue weighted by Crippen LogP contribution is -2.52. The van der Waals surface area contributed by atoms with Gasteiger partial charge in [-0.1, -0.05) is 0 Å². The van der Waals surface area contributed by atoms with Gasteiger partial charge in [-0.25, -0.2) is 18.1 Å². The van der Waals surface area contributed by atoms with E-state index in [0.717, 1.165) is 35.0 Å². The largest absolute Gasteiger partial charge is 0.493 e. The van der Waals surface area contributed by atoms with Gasteiger partial charge in [0.05, 0.1) is 30.2 Å². The molecule has 1 fully saturated rings. The number of carbonyl (C=O) groups is 1. The third-order valence-corrected chi connectivity index (χ3v) is 8.57. The minimum atomic E-state index is -3.89. The predicted octanol–water partition coefficient (Wildman–Crippen LogP) is 2.54. The number of anilines is 2. The average molecular weight is 586 g/mol. The van der Waals surface area contributed by atoms with E-state index in [-0.39, 0.29) is 11.1 Å². The van der Waals surface area contributed by atoms with Gasteiger partial charge in [-0.15, -0.1) is 0 Å². The van der Waals surface area contributed by atoms with Gasteiger partial charge in [0, 0.05) is 50.2 Å². The van der Waals surface area contributed by atoms with Crippen molar-refractivity contribution >= 4 is 61.5 Å². The van der Waals surface area contributed by atoms with Crippen LogP contribution in [0.3, 0.4) is 0 Å². The van der Waals surface area contributed by atoms with E-state index in [1.54, 1.807) is 26.4 Å². The molecule has 0 radical (unpaired) electrons. The van der Waals surface area contributed by atoms with E-state index in [1.165, 1.54) is 12.1 Å². The molecule has 3 heterocycles. The number of nitrogens with one attached hydrogen (secondary N) is 4. The highest BCUT2D eigenvalue weighted by Crippen LogP contribution is 2.38. The Morgan fingerprint density at radius 2 is 1.73 bits per heavy atom. The molecule has 5 rings (SSSR count). The van der Waals surface area contributed by atoms with Gasteiger partial charge in [-0.05, 0) is 49.5 Å². The summed E-state index contributed by atoms with van der Waals surface area (Å²) < 4.78 is 37.3. The molecule has 1 atom stereocenters. The van der Waals surface area contributed by atoms with Gasteiger partial charge in [0.15, 0.2) is 16.6 Å². The molecule has 2 aliphatic heterocycles. The normalized spacial score (nSPS) is 17.0. The van der Waals surface area contributed by atoms with Crippen LogP contribution in [0.2, 0.25) is 0 Å². The van der Waals surface area contributed by atoms with Crippen LogP contribution in [0.4, 0.5) is 11.5 Å². The van der Waals surface area contributed by atoms with Crippen molar-refractivity contribution in [1.82, 2.24) is 19.5 Å². The van der Waals surface area contributed by atoms with Gasteiger partial charge in [-0.3, -0.25) is 4.79 Å². The summed E-state index contributed by atoms with van der Waals surface area (Å²) in [5.74, 6) is 2.48. The van der Waals surface area contributed by atoms with E-state index in [1.807, 2.05) is 23.8 Å². The quantitative estimate of drug-likeness (QED) is 0.330. The third-order valence-electron chi connectivity index (χ3n) is 6.76. The van der Waals surface area contributed by atoms with E-state index >= 15 is 0 Å². The van der Waals surface area contributed by atoms with Crippen LogP contribution in [0, 0.1) is 0 Å². The molecule has 12 nitrogen and oxygen atoms in total. The number of rotatable bonds is 5. The first kappa shape index (κ1) is 27.5. The molecule has 2 aliphatic rings. The molecule has 0 saturated carbocycles. The van der Waals surface area contributed by atoms with Crippen LogP contribution in [-0.2, 0) is 14.8 Å². The molecule has 3 aromatic rings. The Kier molecular flexibility index (Phi) is 7.47. The van der Waals surface area contributed by atoms with Crippen LogP contribution >= 0.6 is 12.2 Å². The summed E-state index contributed by atoms with van der Waals surface area (Å²) in [5, 5.41) is 8.14. The van der Waals surface area contributed by atoms with Crippen LogP contribution < -0.4 is 24.8 Å². The molecule has 0 spiro atoms. The zero-order chi connectivity index (χ0) is 28.6. The van der Waals surface area contributed by atoms with Gasteiger partial charge in [0.1, 0.15) is 17.8 Å². The second kappa shape index (κ2) is 10.8. The molecule has 4 N–H and O–H groups in total. The number of sulfonamides is 1. The molecule has 212 valence electrons. The van der Waals surface area contributed by atoms with Crippen molar-refractivity contribution in [3.8, 4) is 11.5 Å². The number of methoxy groups -OCH3 is 2. The smallest absolute Gasteiger partial charge is 0.264 e. The Balaban J connectivity index is 1.28. The summed E-state index contributed by atoms with van der Waals surface area (Å²) >= 11 is 5.65. The molecule has 1 unspecified atom stereocenters. The Bertz CT molecular complexity index is 1590. The zero-order valence-corrected chi connectivity index (χ0v) is 24.2. The van der Waals surface area contributed by atoms with Crippen molar-refractivity contribution in [3.63, 3.8) is 0 Å². The standard InChI is InChI=1S/C26H31N7O5S2/c1-15-27-24-23(19-13-21(37-3)22(38-4)14-20(19)30-24)25(28-15)32-9-11-33(12-10-32)26(39)29-17-5-7-18(8-6-17)40(35,36)31-16(2)34/h5-8,13-15,27,30H,9-12H2,1-4H3,(H,29,39)(H,31,34). The maximum Gasteiger partial charge on any atom is 0.264 e. The predicted molar refractivity (Wildman–Crippen MR) is 158 cm³/mol. The number of hydrogen-bond donors (Lipinski definition) is 4. The Morgan fingerprint density at radius 3 is 2.35 bits per heavy atom. The van der Waals surface area contributed by atoms with Crippen molar-refractivity contribution in [1.29, 1.82) is 0 Å². The molecule has 14 heteroatoms. The minimum absolute atomic E-state index is 0.00234. The number of H-pyrrole nitrogens is 1. The summed E-state index contributed by atoms with van der Waals surface area (Å²) in [4.78, 5) is 23.9.